The highest BCUT2D eigenvalue weighted by molar-refractivity contribution is 6.32. The van der Waals surface area contributed by atoms with Crippen molar-refractivity contribution < 1.29 is 4.74 Å². The summed E-state index contributed by atoms with van der Waals surface area (Å²) >= 11 is 6.26. The van der Waals surface area contributed by atoms with Crippen LogP contribution in [0.1, 0.15) is 18.5 Å². The quantitative estimate of drug-likeness (QED) is 0.711. The first-order valence-corrected chi connectivity index (χ1v) is 7.23. The van der Waals surface area contributed by atoms with Crippen LogP contribution >= 0.6 is 11.6 Å². The molecule has 0 amide bonds. The van der Waals surface area contributed by atoms with Crippen LogP contribution in [0.5, 0.6) is 11.5 Å². The topological polar surface area (TPSA) is 35.2 Å². The molecular formula is C18H16ClNO. The molecular weight excluding hydrogens is 282 g/mol. The summed E-state index contributed by atoms with van der Waals surface area (Å²) in [6.07, 6.45) is 0. The molecule has 0 radical (unpaired) electrons. The van der Waals surface area contributed by atoms with Crippen molar-refractivity contribution in [1.29, 1.82) is 0 Å². The van der Waals surface area contributed by atoms with Gasteiger partial charge in [0, 0.05) is 6.04 Å². The zero-order valence-electron chi connectivity index (χ0n) is 11.7. The molecule has 3 aromatic carbocycles. The maximum atomic E-state index is 6.26. The van der Waals surface area contributed by atoms with E-state index < -0.39 is 0 Å². The third-order valence-corrected chi connectivity index (χ3v) is 3.73. The van der Waals surface area contributed by atoms with Crippen molar-refractivity contribution in [2.75, 3.05) is 0 Å². The summed E-state index contributed by atoms with van der Waals surface area (Å²) in [6.45, 7) is 1.93. The van der Waals surface area contributed by atoms with Gasteiger partial charge in [-0.2, -0.15) is 0 Å². The van der Waals surface area contributed by atoms with Crippen molar-refractivity contribution in [2.45, 2.75) is 13.0 Å². The maximum absolute atomic E-state index is 6.26. The molecule has 0 aliphatic heterocycles. The number of ether oxygens (including phenoxy) is 1. The Morgan fingerprint density at radius 1 is 0.952 bits per heavy atom. The molecule has 3 heteroatoms. The molecule has 0 bridgehead atoms. The second-order valence-corrected chi connectivity index (χ2v) is 5.50. The van der Waals surface area contributed by atoms with Crippen LogP contribution < -0.4 is 10.5 Å². The van der Waals surface area contributed by atoms with E-state index in [1.165, 1.54) is 5.39 Å². The van der Waals surface area contributed by atoms with E-state index in [4.69, 9.17) is 22.1 Å². The van der Waals surface area contributed by atoms with Crippen LogP contribution in [0.2, 0.25) is 5.02 Å². The molecule has 3 aromatic rings. The minimum Gasteiger partial charge on any atom is -0.456 e. The molecule has 0 saturated heterocycles. The lowest BCUT2D eigenvalue weighted by Crippen LogP contribution is -2.04. The molecule has 3 rings (SSSR count). The van der Waals surface area contributed by atoms with Crippen LogP contribution in [0.15, 0.2) is 60.7 Å². The predicted octanol–water partition coefficient (Wildman–Crippen LogP) is 5.31. The summed E-state index contributed by atoms with van der Waals surface area (Å²) < 4.78 is 5.88. The van der Waals surface area contributed by atoms with Gasteiger partial charge in [0.1, 0.15) is 11.5 Å². The molecule has 0 saturated carbocycles. The Labute approximate surface area is 129 Å². The van der Waals surface area contributed by atoms with Crippen LogP contribution in [-0.2, 0) is 0 Å². The standard InChI is InChI=1S/C18H16ClNO/c1-12(20)14-7-9-18(17(19)11-14)21-16-8-6-13-4-2-3-5-15(13)10-16/h2-12H,20H2,1H3/t12-/m0/s1. The Morgan fingerprint density at radius 2 is 1.71 bits per heavy atom. The van der Waals surface area contributed by atoms with Gasteiger partial charge in [0.15, 0.2) is 0 Å². The fourth-order valence-electron chi connectivity index (χ4n) is 2.24. The van der Waals surface area contributed by atoms with Crippen molar-refractivity contribution in [1.82, 2.24) is 0 Å². The maximum Gasteiger partial charge on any atom is 0.146 e. The molecule has 21 heavy (non-hydrogen) atoms. The lowest BCUT2D eigenvalue weighted by Gasteiger charge is -2.11. The van der Waals surface area contributed by atoms with Gasteiger partial charge in [-0.15, -0.1) is 0 Å². The van der Waals surface area contributed by atoms with Gasteiger partial charge in [0.25, 0.3) is 0 Å². The van der Waals surface area contributed by atoms with Gasteiger partial charge in [0.05, 0.1) is 5.02 Å². The Balaban J connectivity index is 1.91. The highest BCUT2D eigenvalue weighted by Crippen LogP contribution is 2.32. The second-order valence-electron chi connectivity index (χ2n) is 5.09. The number of hydrogen-bond donors (Lipinski definition) is 1. The first kappa shape index (κ1) is 13.9. The number of fused-ring (bicyclic) bond motifs is 1. The molecule has 0 unspecified atom stereocenters. The summed E-state index contributed by atoms with van der Waals surface area (Å²) in [5.74, 6) is 1.40. The van der Waals surface area contributed by atoms with Gasteiger partial charge < -0.3 is 10.5 Å². The Hall–Kier alpha value is -2.03. The molecule has 2 N–H and O–H groups in total. The van der Waals surface area contributed by atoms with E-state index in [-0.39, 0.29) is 6.04 Å². The van der Waals surface area contributed by atoms with Crippen molar-refractivity contribution in [3.8, 4) is 11.5 Å². The molecule has 2 nitrogen and oxygen atoms in total. The predicted molar refractivity (Wildman–Crippen MR) is 88.1 cm³/mol. The zero-order chi connectivity index (χ0) is 14.8. The first-order valence-electron chi connectivity index (χ1n) is 6.85. The molecule has 0 aromatic heterocycles. The summed E-state index contributed by atoms with van der Waals surface area (Å²) in [4.78, 5) is 0. The van der Waals surface area contributed by atoms with Crippen molar-refractivity contribution in [2.24, 2.45) is 5.73 Å². The fourth-order valence-corrected chi connectivity index (χ4v) is 2.47. The van der Waals surface area contributed by atoms with Crippen LogP contribution in [0.3, 0.4) is 0 Å². The van der Waals surface area contributed by atoms with Crippen LogP contribution in [-0.4, -0.2) is 0 Å². The van der Waals surface area contributed by atoms with Gasteiger partial charge in [-0.1, -0.05) is 48.0 Å². The second kappa shape index (κ2) is 5.76. The lowest BCUT2D eigenvalue weighted by atomic mass is 10.1. The molecule has 1 atom stereocenters. The van der Waals surface area contributed by atoms with Gasteiger partial charge in [-0.05, 0) is 47.5 Å². The zero-order valence-corrected chi connectivity index (χ0v) is 12.5. The van der Waals surface area contributed by atoms with Crippen LogP contribution in [0.4, 0.5) is 0 Å². The SMILES string of the molecule is C[C@H](N)c1ccc(Oc2ccc3ccccc3c2)c(Cl)c1. The van der Waals surface area contributed by atoms with Gasteiger partial charge in [-0.3, -0.25) is 0 Å². The van der Waals surface area contributed by atoms with Crippen LogP contribution in [0.25, 0.3) is 10.8 Å². The number of rotatable bonds is 3. The summed E-state index contributed by atoms with van der Waals surface area (Å²) in [6, 6.07) is 19.7. The summed E-state index contributed by atoms with van der Waals surface area (Å²) in [7, 11) is 0. The van der Waals surface area contributed by atoms with Crippen molar-refractivity contribution in [3.63, 3.8) is 0 Å². The van der Waals surface area contributed by atoms with Gasteiger partial charge >= 0.3 is 0 Å². The molecule has 0 spiro atoms. The minimum absolute atomic E-state index is 0.0442. The molecule has 0 aliphatic carbocycles. The number of halogens is 1. The Kier molecular flexibility index (Phi) is 3.82. The van der Waals surface area contributed by atoms with Crippen LogP contribution in [0, 0.1) is 0 Å². The van der Waals surface area contributed by atoms with Gasteiger partial charge in [0.2, 0.25) is 0 Å². The normalized spacial score (nSPS) is 12.3. The fraction of sp³-hybridized carbons (Fsp3) is 0.111. The summed E-state index contributed by atoms with van der Waals surface area (Å²) in [5, 5.41) is 2.89. The molecule has 0 heterocycles. The van der Waals surface area contributed by atoms with E-state index in [0.29, 0.717) is 10.8 Å². The monoisotopic (exact) mass is 297 g/mol. The van der Waals surface area contributed by atoms with E-state index in [9.17, 15) is 0 Å². The Morgan fingerprint density at radius 3 is 2.43 bits per heavy atom. The first-order chi connectivity index (χ1) is 10.1. The average Bonchev–Trinajstić information content (AvgIpc) is 2.49. The third kappa shape index (κ3) is 3.02. The number of nitrogens with two attached hydrogens (primary N) is 1. The van der Waals surface area contributed by atoms with Gasteiger partial charge in [-0.25, -0.2) is 0 Å². The molecule has 0 aliphatic rings. The highest BCUT2D eigenvalue weighted by Gasteiger charge is 2.07. The smallest absolute Gasteiger partial charge is 0.146 e. The average molecular weight is 298 g/mol. The largest absolute Gasteiger partial charge is 0.456 e. The van der Waals surface area contributed by atoms with E-state index in [2.05, 4.69) is 12.1 Å². The molecule has 106 valence electrons. The van der Waals surface area contributed by atoms with E-state index in [1.807, 2.05) is 55.5 Å². The number of hydrogen-bond acceptors (Lipinski definition) is 2. The van der Waals surface area contributed by atoms with E-state index in [0.717, 1.165) is 16.7 Å². The third-order valence-electron chi connectivity index (χ3n) is 3.43. The Bertz CT molecular complexity index is 783. The molecule has 0 fully saturated rings. The lowest BCUT2D eigenvalue weighted by molar-refractivity contribution is 0.483. The highest BCUT2D eigenvalue weighted by atomic mass is 35.5. The van der Waals surface area contributed by atoms with Crippen molar-refractivity contribution >= 4 is 22.4 Å². The van der Waals surface area contributed by atoms with Crippen molar-refractivity contribution in [3.05, 3.63) is 71.2 Å². The number of benzene rings is 3. The van der Waals surface area contributed by atoms with E-state index in [1.54, 1.807) is 0 Å². The minimum atomic E-state index is -0.0442. The summed E-state index contributed by atoms with van der Waals surface area (Å²) in [5.41, 5.74) is 6.84. The van der Waals surface area contributed by atoms with E-state index >= 15 is 0 Å².